The molecule has 0 radical (unpaired) electrons. The molecule has 20 heavy (non-hydrogen) atoms. The zero-order valence-electron chi connectivity index (χ0n) is 11.5. The molecule has 0 aliphatic heterocycles. The fraction of sp³-hybridized carbons (Fsp3) is 0.385. The number of hydrogen-bond acceptors (Lipinski definition) is 5. The van der Waals surface area contributed by atoms with Crippen molar-refractivity contribution in [1.29, 1.82) is 0 Å². The van der Waals surface area contributed by atoms with Gasteiger partial charge in [0, 0.05) is 30.6 Å². The van der Waals surface area contributed by atoms with E-state index in [1.165, 1.54) is 0 Å². The van der Waals surface area contributed by atoms with Crippen LogP contribution in [0.1, 0.15) is 22.6 Å². The number of rotatable bonds is 5. The lowest BCUT2D eigenvalue weighted by Crippen LogP contribution is -2.12. The van der Waals surface area contributed by atoms with Crippen LogP contribution < -0.4 is 5.73 Å². The van der Waals surface area contributed by atoms with E-state index in [4.69, 9.17) is 5.73 Å². The summed E-state index contributed by atoms with van der Waals surface area (Å²) in [6.07, 6.45) is 5.74. The average Bonchev–Trinajstić information content (AvgIpc) is 2.80. The average molecular weight is 275 g/mol. The van der Waals surface area contributed by atoms with Gasteiger partial charge in [-0.05, 0) is 20.4 Å². The second-order valence-corrected chi connectivity index (χ2v) is 4.63. The lowest BCUT2D eigenvalue weighted by Gasteiger charge is -2.10. The van der Waals surface area contributed by atoms with Crippen LogP contribution >= 0.6 is 0 Å². The van der Waals surface area contributed by atoms with Crippen LogP contribution in [0.2, 0.25) is 0 Å². The fourth-order valence-corrected chi connectivity index (χ4v) is 2.21. The van der Waals surface area contributed by atoms with Crippen LogP contribution in [0.15, 0.2) is 18.6 Å². The zero-order valence-corrected chi connectivity index (χ0v) is 11.5. The van der Waals surface area contributed by atoms with E-state index in [1.807, 2.05) is 10.8 Å². The number of pyridine rings is 1. The number of aromatic nitrogens is 3. The second kappa shape index (κ2) is 5.79. The molecular weight excluding hydrogens is 258 g/mol. The Bertz CT molecular complexity index is 636. The summed E-state index contributed by atoms with van der Waals surface area (Å²) in [6.45, 7) is 4.39. The van der Waals surface area contributed by atoms with E-state index in [0.717, 1.165) is 5.82 Å². The maximum atomic E-state index is 11.1. The Morgan fingerprint density at radius 1 is 1.40 bits per heavy atom. The van der Waals surface area contributed by atoms with Crippen molar-refractivity contribution in [3.8, 4) is 0 Å². The Morgan fingerprint density at radius 3 is 2.80 bits per heavy atom. The molecule has 106 valence electrons. The van der Waals surface area contributed by atoms with Crippen LogP contribution in [0.5, 0.6) is 0 Å². The van der Waals surface area contributed by atoms with E-state index in [-0.39, 0.29) is 10.6 Å². The van der Waals surface area contributed by atoms with Gasteiger partial charge in [0.1, 0.15) is 5.82 Å². The Hall–Kier alpha value is -2.28. The summed E-state index contributed by atoms with van der Waals surface area (Å²) >= 11 is 0. The monoisotopic (exact) mass is 275 g/mol. The fourth-order valence-electron chi connectivity index (χ4n) is 2.21. The molecule has 7 nitrogen and oxygen atoms in total. The Morgan fingerprint density at radius 2 is 2.15 bits per heavy atom. The van der Waals surface area contributed by atoms with Gasteiger partial charge in [-0.1, -0.05) is 0 Å². The molecule has 7 heteroatoms. The third kappa shape index (κ3) is 2.67. The summed E-state index contributed by atoms with van der Waals surface area (Å²) in [4.78, 5) is 19.3. The lowest BCUT2D eigenvalue weighted by molar-refractivity contribution is -0.386. The SMILES string of the molecule is Cc1cnc(Cn2ccnc2CCN)c(C)c1[N+](=O)[O-]. The van der Waals surface area contributed by atoms with E-state index in [0.29, 0.717) is 36.3 Å². The predicted octanol–water partition coefficient (Wildman–Crippen LogP) is 1.35. The molecule has 0 saturated heterocycles. The quantitative estimate of drug-likeness (QED) is 0.655. The molecule has 0 bridgehead atoms. The number of nitrogens with two attached hydrogens (primary N) is 1. The first-order valence-electron chi connectivity index (χ1n) is 6.34. The molecule has 0 aliphatic rings. The highest BCUT2D eigenvalue weighted by Crippen LogP contribution is 2.24. The van der Waals surface area contributed by atoms with E-state index in [9.17, 15) is 10.1 Å². The number of nitro groups is 1. The topological polar surface area (TPSA) is 99.9 Å². The lowest BCUT2D eigenvalue weighted by atomic mass is 10.1. The summed E-state index contributed by atoms with van der Waals surface area (Å²) in [5, 5.41) is 11.1. The number of imidazole rings is 1. The van der Waals surface area contributed by atoms with Crippen molar-refractivity contribution in [2.45, 2.75) is 26.8 Å². The molecule has 0 saturated carbocycles. The smallest absolute Gasteiger partial charge is 0.278 e. The highest BCUT2D eigenvalue weighted by molar-refractivity contribution is 5.47. The minimum atomic E-state index is -0.357. The zero-order chi connectivity index (χ0) is 14.7. The summed E-state index contributed by atoms with van der Waals surface area (Å²) < 4.78 is 1.92. The van der Waals surface area contributed by atoms with Gasteiger partial charge in [0.2, 0.25) is 0 Å². The van der Waals surface area contributed by atoms with Crippen molar-refractivity contribution in [2.24, 2.45) is 5.73 Å². The van der Waals surface area contributed by atoms with Crippen molar-refractivity contribution < 1.29 is 4.92 Å². The van der Waals surface area contributed by atoms with Crippen molar-refractivity contribution in [3.63, 3.8) is 0 Å². The first-order valence-corrected chi connectivity index (χ1v) is 6.34. The van der Waals surface area contributed by atoms with Crippen LogP contribution in [-0.2, 0) is 13.0 Å². The maximum absolute atomic E-state index is 11.1. The maximum Gasteiger partial charge on any atom is 0.278 e. The third-order valence-electron chi connectivity index (χ3n) is 3.25. The first kappa shape index (κ1) is 14.1. The van der Waals surface area contributed by atoms with Crippen molar-refractivity contribution >= 4 is 5.69 Å². The van der Waals surface area contributed by atoms with Crippen LogP contribution in [0.25, 0.3) is 0 Å². The van der Waals surface area contributed by atoms with E-state index >= 15 is 0 Å². The summed E-state index contributed by atoms with van der Waals surface area (Å²) in [5.41, 5.74) is 7.52. The van der Waals surface area contributed by atoms with Gasteiger partial charge in [0.25, 0.3) is 5.69 Å². The van der Waals surface area contributed by atoms with E-state index in [1.54, 1.807) is 26.2 Å². The molecule has 2 rings (SSSR count). The van der Waals surface area contributed by atoms with Gasteiger partial charge in [-0.2, -0.15) is 0 Å². The first-order chi connectivity index (χ1) is 9.54. The molecular formula is C13H17N5O2. The Labute approximate surface area is 116 Å². The van der Waals surface area contributed by atoms with Crippen LogP contribution in [0.4, 0.5) is 5.69 Å². The molecule has 2 aromatic heterocycles. The normalized spacial score (nSPS) is 10.8. The second-order valence-electron chi connectivity index (χ2n) is 4.63. The molecule has 2 heterocycles. The number of nitrogens with zero attached hydrogens (tertiary/aromatic N) is 4. The molecule has 0 fully saturated rings. The molecule has 0 atom stereocenters. The number of aryl methyl sites for hydroxylation is 1. The van der Waals surface area contributed by atoms with Gasteiger partial charge in [-0.3, -0.25) is 15.1 Å². The molecule has 0 unspecified atom stereocenters. The molecule has 0 spiro atoms. The largest absolute Gasteiger partial charge is 0.330 e. The summed E-state index contributed by atoms with van der Waals surface area (Å²) in [6, 6.07) is 0. The molecule has 0 amide bonds. The third-order valence-corrected chi connectivity index (χ3v) is 3.25. The van der Waals surface area contributed by atoms with Gasteiger partial charge >= 0.3 is 0 Å². The summed E-state index contributed by atoms with van der Waals surface area (Å²) in [7, 11) is 0. The number of hydrogen-bond donors (Lipinski definition) is 1. The van der Waals surface area contributed by atoms with E-state index in [2.05, 4.69) is 9.97 Å². The van der Waals surface area contributed by atoms with Crippen LogP contribution in [0, 0.1) is 24.0 Å². The molecule has 0 aromatic carbocycles. The van der Waals surface area contributed by atoms with Crippen LogP contribution in [0.3, 0.4) is 0 Å². The van der Waals surface area contributed by atoms with Crippen molar-refractivity contribution in [3.05, 3.63) is 51.4 Å². The van der Waals surface area contributed by atoms with Crippen LogP contribution in [-0.4, -0.2) is 26.0 Å². The molecule has 0 aliphatic carbocycles. The standard InChI is InChI=1S/C13H17N5O2/c1-9-7-16-11(10(2)13(9)18(19)20)8-17-6-5-15-12(17)3-4-14/h5-7H,3-4,8,14H2,1-2H3. The van der Waals surface area contributed by atoms with Crippen molar-refractivity contribution in [1.82, 2.24) is 14.5 Å². The van der Waals surface area contributed by atoms with Gasteiger partial charge in [0.05, 0.1) is 22.7 Å². The van der Waals surface area contributed by atoms with Gasteiger partial charge in [-0.25, -0.2) is 4.98 Å². The minimum absolute atomic E-state index is 0.135. The Kier molecular flexibility index (Phi) is 4.09. The Balaban J connectivity index is 2.37. The highest BCUT2D eigenvalue weighted by atomic mass is 16.6. The molecule has 2 N–H and O–H groups in total. The highest BCUT2D eigenvalue weighted by Gasteiger charge is 2.19. The van der Waals surface area contributed by atoms with Gasteiger partial charge in [-0.15, -0.1) is 0 Å². The minimum Gasteiger partial charge on any atom is -0.330 e. The van der Waals surface area contributed by atoms with Gasteiger partial charge in [0.15, 0.2) is 0 Å². The van der Waals surface area contributed by atoms with Crippen molar-refractivity contribution in [2.75, 3.05) is 6.54 Å². The summed E-state index contributed by atoms with van der Waals surface area (Å²) in [5.74, 6) is 0.858. The molecule has 2 aromatic rings. The van der Waals surface area contributed by atoms with Gasteiger partial charge < -0.3 is 10.3 Å². The van der Waals surface area contributed by atoms with E-state index < -0.39 is 0 Å². The predicted molar refractivity (Wildman–Crippen MR) is 74.5 cm³/mol.